The number of nitrogens with zero attached hydrogens (tertiary/aromatic N) is 1. The van der Waals surface area contributed by atoms with Crippen molar-refractivity contribution in [3.05, 3.63) is 66.1 Å². The molecule has 0 bridgehead atoms. The standard InChI is InChI=1S/C6H18NSi2.C5H5.5CH3.2ClH.Hf/c1-8(2,3)7-9(4,5)6;1-2-4-5-3-1;;;;;;;;/h1-6H3;1-3H,4H2;5*1H3;2*1H;/q7*-1;;;. The third-order valence-corrected chi connectivity index (χ3v) is 6.62. The fraction of sp³-hybridized carbons (Fsp3) is 0.438. The van der Waals surface area contributed by atoms with E-state index in [0.29, 0.717) is 0 Å². The second-order valence-electron chi connectivity index (χ2n) is 5.46. The minimum absolute atomic E-state index is 0. The van der Waals surface area contributed by atoms with Gasteiger partial charge in [-0.1, -0.05) is 55.8 Å². The van der Waals surface area contributed by atoms with Gasteiger partial charge >= 0.3 is 0 Å². The molecule has 0 aromatic heterocycles. The van der Waals surface area contributed by atoms with Crippen LogP contribution >= 0.6 is 24.8 Å². The summed E-state index contributed by atoms with van der Waals surface area (Å²) in [4.78, 5) is 0. The summed E-state index contributed by atoms with van der Waals surface area (Å²) in [7, 11) is -2.21. The van der Waals surface area contributed by atoms with E-state index in [1.807, 2.05) is 12.2 Å². The fourth-order valence-electron chi connectivity index (χ4n) is 1.35. The number of halogens is 2. The van der Waals surface area contributed by atoms with Crippen molar-refractivity contribution in [2.24, 2.45) is 0 Å². The molecule has 22 heavy (non-hydrogen) atoms. The van der Waals surface area contributed by atoms with Crippen molar-refractivity contribution in [2.45, 2.75) is 45.7 Å². The van der Waals surface area contributed by atoms with Gasteiger partial charge in [0, 0.05) is 25.8 Å². The summed E-state index contributed by atoms with van der Waals surface area (Å²) in [6.07, 6.45) is 10.0. The SMILES string of the molecule is C[Si](C)(C)[N-][Si](C)(C)C.Cl.Cl.[C-]1=CC=CC1.[CH3-].[CH3-].[CH3-].[CH3-].[CH3-].[Hf]. The summed E-state index contributed by atoms with van der Waals surface area (Å²) in [5, 5.41) is 0. The van der Waals surface area contributed by atoms with Crippen LogP contribution in [-0.2, 0) is 25.8 Å². The van der Waals surface area contributed by atoms with Crippen LogP contribution in [0.3, 0.4) is 0 Å². The van der Waals surface area contributed by atoms with E-state index in [2.05, 4.69) is 51.4 Å². The summed E-state index contributed by atoms with van der Waals surface area (Å²) < 4.78 is 4.82. The summed E-state index contributed by atoms with van der Waals surface area (Å²) >= 11 is 0. The van der Waals surface area contributed by atoms with Gasteiger partial charge in [-0.15, -0.1) is 31.2 Å². The molecule has 142 valence electrons. The number of hydrogen-bond donors (Lipinski definition) is 0. The minimum atomic E-state index is -1.11. The maximum atomic E-state index is 4.82. The van der Waals surface area contributed by atoms with Gasteiger partial charge in [-0.25, -0.2) is 12.2 Å². The molecule has 0 saturated heterocycles. The van der Waals surface area contributed by atoms with E-state index >= 15 is 0 Å². The Morgan fingerprint density at radius 1 is 0.773 bits per heavy atom. The van der Waals surface area contributed by atoms with E-state index < -0.39 is 16.5 Å². The van der Waals surface area contributed by atoms with E-state index in [1.165, 1.54) is 0 Å². The molecule has 0 aromatic rings. The number of rotatable bonds is 2. The first-order valence-corrected chi connectivity index (χ1v) is 12.1. The first-order chi connectivity index (χ1) is 6.21. The van der Waals surface area contributed by atoms with Gasteiger partial charge in [0.25, 0.3) is 0 Å². The van der Waals surface area contributed by atoms with E-state index in [0.717, 1.165) is 6.42 Å². The molecule has 0 heterocycles. The van der Waals surface area contributed by atoms with Crippen LogP contribution < -0.4 is 0 Å². The summed E-state index contributed by atoms with van der Waals surface area (Å²) in [6.45, 7) is 13.8. The van der Waals surface area contributed by atoms with Gasteiger partial charge in [0.15, 0.2) is 0 Å². The van der Waals surface area contributed by atoms with Crippen molar-refractivity contribution in [3.63, 3.8) is 0 Å². The van der Waals surface area contributed by atoms with Crippen LogP contribution in [0.25, 0.3) is 4.65 Å². The molecular formula is C16H40Cl2HfNSi2-7. The van der Waals surface area contributed by atoms with Crippen molar-refractivity contribution in [3.8, 4) is 0 Å². The van der Waals surface area contributed by atoms with E-state index in [4.69, 9.17) is 4.65 Å². The maximum Gasteiger partial charge on any atom is 0 e. The summed E-state index contributed by atoms with van der Waals surface area (Å²) in [5.74, 6) is 0. The van der Waals surface area contributed by atoms with Crippen LogP contribution in [0.2, 0.25) is 39.3 Å². The zero-order valence-electron chi connectivity index (χ0n) is 16.7. The predicted molar refractivity (Wildman–Crippen MR) is 118 cm³/mol. The van der Waals surface area contributed by atoms with E-state index in [1.54, 1.807) is 0 Å². The van der Waals surface area contributed by atoms with Crippen molar-refractivity contribution in [1.82, 2.24) is 0 Å². The largest absolute Gasteiger partial charge is 0.668 e. The van der Waals surface area contributed by atoms with Gasteiger partial charge in [-0.3, -0.25) is 6.08 Å². The smallest absolute Gasteiger partial charge is 0 e. The van der Waals surface area contributed by atoms with Gasteiger partial charge in [0.1, 0.15) is 0 Å². The zero-order valence-corrected chi connectivity index (χ0v) is 23.9. The molecule has 1 aliphatic carbocycles. The molecule has 0 N–H and O–H groups in total. The summed E-state index contributed by atoms with van der Waals surface area (Å²) in [6, 6.07) is 0. The molecule has 6 heteroatoms. The van der Waals surface area contributed by atoms with Crippen LogP contribution in [0, 0.1) is 43.2 Å². The number of allylic oxidation sites excluding steroid dienone is 4. The van der Waals surface area contributed by atoms with Gasteiger partial charge in [-0.2, -0.15) is 6.08 Å². The maximum absolute atomic E-state index is 4.82. The van der Waals surface area contributed by atoms with E-state index in [-0.39, 0.29) is 87.8 Å². The average molecular weight is 552 g/mol. The molecule has 0 unspecified atom stereocenters. The molecule has 0 saturated carbocycles. The topological polar surface area (TPSA) is 14.1 Å². The van der Waals surface area contributed by atoms with Crippen LogP contribution in [0.5, 0.6) is 0 Å². The molecule has 0 aromatic carbocycles. The molecule has 0 aliphatic heterocycles. The van der Waals surface area contributed by atoms with Gasteiger partial charge in [-0.05, 0) is 0 Å². The third-order valence-electron chi connectivity index (χ3n) is 1.26. The molecule has 0 fully saturated rings. The average Bonchev–Trinajstić information content (AvgIpc) is 2.29. The summed E-state index contributed by atoms with van der Waals surface area (Å²) in [5.41, 5.74) is 0. The molecule has 1 rings (SSSR count). The molecule has 1 aliphatic rings. The van der Waals surface area contributed by atoms with Crippen LogP contribution in [0.1, 0.15) is 6.42 Å². The van der Waals surface area contributed by atoms with Crippen molar-refractivity contribution < 1.29 is 25.8 Å². The Hall–Kier alpha value is 1.32. The Morgan fingerprint density at radius 3 is 1.14 bits per heavy atom. The minimum Gasteiger partial charge on any atom is -0.668 e. The van der Waals surface area contributed by atoms with Crippen molar-refractivity contribution >= 4 is 41.3 Å². The molecular weight excluding hydrogens is 512 g/mol. The van der Waals surface area contributed by atoms with Gasteiger partial charge in [0.05, 0.1) is 0 Å². The predicted octanol–water partition coefficient (Wildman–Crippen LogP) is 7.43. The van der Waals surface area contributed by atoms with E-state index in [9.17, 15) is 0 Å². The normalized spacial score (nSPS) is 9.73. The van der Waals surface area contributed by atoms with Gasteiger partial charge in [0.2, 0.25) is 0 Å². The molecule has 0 atom stereocenters. The quantitative estimate of drug-likeness (QED) is 0.250. The fourth-order valence-corrected chi connectivity index (χ4v) is 9.40. The van der Waals surface area contributed by atoms with Crippen LogP contribution in [0.4, 0.5) is 0 Å². The third kappa shape index (κ3) is 58.0. The first-order valence-electron chi connectivity index (χ1n) is 5.16. The second kappa shape index (κ2) is 27.2. The van der Waals surface area contributed by atoms with Crippen molar-refractivity contribution in [1.29, 1.82) is 0 Å². The molecule has 0 radical (unpaired) electrons. The first kappa shape index (κ1) is 56.7. The second-order valence-corrected chi connectivity index (χ2v) is 15.0. The molecule has 0 spiro atoms. The Kier molecular flexibility index (Phi) is 70.0. The Morgan fingerprint density at radius 2 is 1.09 bits per heavy atom. The zero-order chi connectivity index (χ0) is 11.2. The van der Waals surface area contributed by atoms with Crippen LogP contribution in [-0.4, -0.2) is 16.5 Å². The monoisotopic (exact) mass is 552 g/mol. The Balaban J connectivity index is -0.0000000169. The molecule has 1 nitrogen and oxygen atoms in total. The Bertz CT molecular complexity index is 201. The van der Waals surface area contributed by atoms with Crippen LogP contribution in [0.15, 0.2) is 18.2 Å². The van der Waals surface area contributed by atoms with Crippen molar-refractivity contribution in [2.75, 3.05) is 0 Å². The van der Waals surface area contributed by atoms with Gasteiger partial charge < -0.3 is 41.8 Å². The molecule has 0 amide bonds. The number of hydrogen-bond acceptors (Lipinski definition) is 0. The Labute approximate surface area is 178 Å².